The summed E-state index contributed by atoms with van der Waals surface area (Å²) >= 11 is 0. The molecule has 1 amide bonds. The zero-order chi connectivity index (χ0) is 15.7. The van der Waals surface area contributed by atoms with Gasteiger partial charge in [-0.15, -0.1) is 0 Å². The van der Waals surface area contributed by atoms with Crippen LogP contribution >= 0.6 is 0 Å². The molecule has 2 aliphatic rings. The van der Waals surface area contributed by atoms with Crippen molar-refractivity contribution in [2.45, 2.75) is 45.6 Å². The van der Waals surface area contributed by atoms with Gasteiger partial charge in [0.2, 0.25) is 5.91 Å². The Kier molecular flexibility index (Phi) is 4.09. The number of nitrogens with zero attached hydrogens (tertiary/aromatic N) is 1. The molecule has 1 fully saturated rings. The fourth-order valence-electron chi connectivity index (χ4n) is 4.21. The molecule has 0 aromatic heterocycles. The molecule has 118 valence electrons. The number of hydrogen-bond donors (Lipinski definition) is 1. The van der Waals surface area contributed by atoms with E-state index in [1.54, 1.807) is 0 Å². The zero-order valence-corrected chi connectivity index (χ0v) is 13.5. The molecule has 0 bridgehead atoms. The third-order valence-electron chi connectivity index (χ3n) is 5.47. The Morgan fingerprint density at radius 1 is 1.36 bits per heavy atom. The molecular weight excluding hydrogens is 274 g/mol. The maximum absolute atomic E-state index is 13.1. The highest BCUT2D eigenvalue weighted by Crippen LogP contribution is 2.54. The van der Waals surface area contributed by atoms with Crippen LogP contribution in [0, 0.1) is 11.3 Å². The number of fused-ring (bicyclic) bond motifs is 1. The second-order valence-corrected chi connectivity index (χ2v) is 6.76. The third kappa shape index (κ3) is 2.28. The number of rotatable bonds is 4. The van der Waals surface area contributed by atoms with Gasteiger partial charge in [-0.05, 0) is 38.2 Å². The summed E-state index contributed by atoms with van der Waals surface area (Å²) < 4.78 is 0. The number of aliphatic hydroxyl groups excluding tert-OH is 1. The molecule has 3 atom stereocenters. The minimum atomic E-state index is -0.110. The van der Waals surface area contributed by atoms with Crippen LogP contribution < -0.4 is 0 Å². The Hall–Kier alpha value is -1.61. The van der Waals surface area contributed by atoms with Crippen LogP contribution in [0.5, 0.6) is 0 Å². The van der Waals surface area contributed by atoms with E-state index in [-0.39, 0.29) is 29.9 Å². The Morgan fingerprint density at radius 2 is 2.09 bits per heavy atom. The van der Waals surface area contributed by atoms with Gasteiger partial charge in [0.05, 0.1) is 12.0 Å². The number of hydrogen-bond acceptors (Lipinski definition) is 2. The van der Waals surface area contributed by atoms with Gasteiger partial charge >= 0.3 is 0 Å². The fraction of sp³-hybridized carbons (Fsp3) is 0.526. The van der Waals surface area contributed by atoms with Gasteiger partial charge in [-0.1, -0.05) is 43.3 Å². The van der Waals surface area contributed by atoms with Crippen molar-refractivity contribution in [3.05, 3.63) is 47.7 Å². The van der Waals surface area contributed by atoms with E-state index >= 15 is 0 Å². The first kappa shape index (κ1) is 15.3. The molecule has 0 saturated carbocycles. The van der Waals surface area contributed by atoms with Crippen LogP contribution in [0.4, 0.5) is 0 Å². The van der Waals surface area contributed by atoms with Crippen LogP contribution in [0.15, 0.2) is 42.1 Å². The van der Waals surface area contributed by atoms with Gasteiger partial charge in [0.1, 0.15) is 0 Å². The number of benzene rings is 1. The first-order valence-corrected chi connectivity index (χ1v) is 8.29. The van der Waals surface area contributed by atoms with E-state index in [1.807, 2.05) is 23.1 Å². The molecule has 1 heterocycles. The normalized spacial score (nSPS) is 29.2. The number of likely N-dealkylation sites (tertiary alicyclic amines) is 1. The van der Waals surface area contributed by atoms with E-state index in [1.165, 1.54) is 5.70 Å². The number of allylic oxidation sites excluding steroid dienone is 2. The standard InChI is InChI=1S/C19H25NO2/c1-14(15-8-4-3-5-9-15)20-17-10-6-7-12-19(17,2)16(11-13-21)18(20)22/h3-5,8-10,14,16,21H,6-7,11-13H2,1-2H3/t14-,16-,19+/m0/s1. The van der Waals surface area contributed by atoms with Crippen LogP contribution in [0.2, 0.25) is 0 Å². The van der Waals surface area contributed by atoms with Crippen LogP contribution in [0.25, 0.3) is 0 Å². The van der Waals surface area contributed by atoms with Gasteiger partial charge in [0.15, 0.2) is 0 Å². The highest BCUT2D eigenvalue weighted by atomic mass is 16.3. The molecule has 0 radical (unpaired) electrons. The van der Waals surface area contributed by atoms with Crippen molar-refractivity contribution in [3.8, 4) is 0 Å². The van der Waals surface area contributed by atoms with Crippen LogP contribution in [0.3, 0.4) is 0 Å². The molecule has 0 unspecified atom stereocenters. The van der Waals surface area contributed by atoms with Gasteiger partial charge in [-0.25, -0.2) is 0 Å². The Labute approximate surface area is 132 Å². The molecule has 1 aliphatic carbocycles. The summed E-state index contributed by atoms with van der Waals surface area (Å²) in [6.45, 7) is 4.38. The lowest BCUT2D eigenvalue weighted by molar-refractivity contribution is -0.133. The lowest BCUT2D eigenvalue weighted by atomic mass is 9.70. The van der Waals surface area contributed by atoms with E-state index < -0.39 is 0 Å². The SMILES string of the molecule is C[C@@H](c1ccccc1)N1C(=O)[C@H](CCO)[C@@]2(C)CCCC=C12. The summed E-state index contributed by atoms with van der Waals surface area (Å²) in [4.78, 5) is 15.1. The molecule has 1 aromatic rings. The summed E-state index contributed by atoms with van der Waals surface area (Å²) in [7, 11) is 0. The molecule has 3 rings (SSSR count). The smallest absolute Gasteiger partial charge is 0.231 e. The molecule has 1 aromatic carbocycles. The number of carbonyl (C=O) groups is 1. The van der Waals surface area contributed by atoms with Gasteiger partial charge in [-0.3, -0.25) is 4.79 Å². The highest BCUT2D eigenvalue weighted by Gasteiger charge is 2.54. The van der Waals surface area contributed by atoms with Crippen molar-refractivity contribution in [1.29, 1.82) is 0 Å². The van der Waals surface area contributed by atoms with Gasteiger partial charge in [-0.2, -0.15) is 0 Å². The van der Waals surface area contributed by atoms with Crippen molar-refractivity contribution in [2.24, 2.45) is 11.3 Å². The topological polar surface area (TPSA) is 40.5 Å². The summed E-state index contributed by atoms with van der Waals surface area (Å²) in [5, 5.41) is 9.40. The maximum atomic E-state index is 13.1. The lowest BCUT2D eigenvalue weighted by Gasteiger charge is -2.36. The highest BCUT2D eigenvalue weighted by molar-refractivity contribution is 5.86. The molecule has 0 spiro atoms. The number of carbonyl (C=O) groups excluding carboxylic acids is 1. The maximum Gasteiger partial charge on any atom is 0.231 e. The minimum absolute atomic E-state index is 0.0427. The van der Waals surface area contributed by atoms with E-state index in [0.717, 1.165) is 24.8 Å². The Bertz CT molecular complexity index is 580. The molecule has 1 N–H and O–H groups in total. The predicted octanol–water partition coefficient (Wildman–Crippen LogP) is 3.66. The van der Waals surface area contributed by atoms with Crippen molar-refractivity contribution < 1.29 is 9.90 Å². The zero-order valence-electron chi connectivity index (χ0n) is 13.5. The summed E-state index contributed by atoms with van der Waals surface area (Å²) in [5.74, 6) is 0.0938. The minimum Gasteiger partial charge on any atom is -0.396 e. The van der Waals surface area contributed by atoms with Gasteiger partial charge in [0.25, 0.3) is 0 Å². The largest absolute Gasteiger partial charge is 0.396 e. The summed E-state index contributed by atoms with van der Waals surface area (Å²) in [6.07, 6.45) is 6.01. The Balaban J connectivity index is 2.00. The number of aliphatic hydroxyl groups is 1. The second-order valence-electron chi connectivity index (χ2n) is 6.76. The van der Waals surface area contributed by atoms with Crippen molar-refractivity contribution in [1.82, 2.24) is 4.90 Å². The average molecular weight is 299 g/mol. The van der Waals surface area contributed by atoms with E-state index in [4.69, 9.17) is 0 Å². The van der Waals surface area contributed by atoms with E-state index in [2.05, 4.69) is 32.1 Å². The molecule has 3 heteroatoms. The molecule has 1 saturated heterocycles. The van der Waals surface area contributed by atoms with Gasteiger partial charge < -0.3 is 10.0 Å². The Morgan fingerprint density at radius 3 is 2.77 bits per heavy atom. The van der Waals surface area contributed by atoms with Crippen LogP contribution in [-0.2, 0) is 4.79 Å². The monoisotopic (exact) mass is 299 g/mol. The van der Waals surface area contributed by atoms with E-state index in [0.29, 0.717) is 6.42 Å². The van der Waals surface area contributed by atoms with Crippen molar-refractivity contribution in [3.63, 3.8) is 0 Å². The first-order valence-electron chi connectivity index (χ1n) is 8.29. The third-order valence-corrected chi connectivity index (χ3v) is 5.47. The number of amides is 1. The lowest BCUT2D eigenvalue weighted by Crippen LogP contribution is -2.29. The quantitative estimate of drug-likeness (QED) is 0.921. The fourth-order valence-corrected chi connectivity index (χ4v) is 4.21. The van der Waals surface area contributed by atoms with Gasteiger partial charge in [0, 0.05) is 17.7 Å². The first-order chi connectivity index (χ1) is 10.6. The molecule has 1 aliphatic heterocycles. The summed E-state index contributed by atoms with van der Waals surface area (Å²) in [5.41, 5.74) is 2.23. The molecule has 3 nitrogen and oxygen atoms in total. The average Bonchev–Trinajstić information content (AvgIpc) is 2.76. The second kappa shape index (κ2) is 5.88. The van der Waals surface area contributed by atoms with Crippen LogP contribution in [-0.4, -0.2) is 22.5 Å². The van der Waals surface area contributed by atoms with Crippen LogP contribution in [0.1, 0.15) is 51.1 Å². The van der Waals surface area contributed by atoms with E-state index in [9.17, 15) is 9.90 Å². The predicted molar refractivity (Wildman–Crippen MR) is 86.9 cm³/mol. The molecular formula is C19H25NO2. The summed E-state index contributed by atoms with van der Waals surface area (Å²) in [6, 6.07) is 10.2. The van der Waals surface area contributed by atoms with Crippen molar-refractivity contribution >= 4 is 5.91 Å². The molecule has 22 heavy (non-hydrogen) atoms. The van der Waals surface area contributed by atoms with Crippen molar-refractivity contribution in [2.75, 3.05) is 6.61 Å².